The topological polar surface area (TPSA) is 58.4 Å². The summed E-state index contributed by atoms with van der Waals surface area (Å²) < 4.78 is 55.0. The molecule has 1 aliphatic heterocycles. The summed E-state index contributed by atoms with van der Waals surface area (Å²) in [6.45, 7) is -0.800. The van der Waals surface area contributed by atoms with Gasteiger partial charge in [0.05, 0.1) is 23.3 Å². The fourth-order valence-electron chi connectivity index (χ4n) is 3.67. The summed E-state index contributed by atoms with van der Waals surface area (Å²) >= 11 is 0. The number of alkyl halides is 2. The van der Waals surface area contributed by atoms with Gasteiger partial charge in [-0.2, -0.15) is 13.1 Å². The molecule has 0 radical (unpaired) electrons. The van der Waals surface area contributed by atoms with Crippen molar-refractivity contribution in [3.8, 4) is 0 Å². The highest BCUT2D eigenvalue weighted by atomic mass is 32.2. The van der Waals surface area contributed by atoms with E-state index in [-0.39, 0.29) is 12.3 Å². The van der Waals surface area contributed by atoms with Crippen LogP contribution in [0.4, 0.5) is 8.78 Å². The van der Waals surface area contributed by atoms with Crippen LogP contribution in [0.5, 0.6) is 0 Å². The lowest BCUT2D eigenvalue weighted by Crippen LogP contribution is -2.48. The molecular weight excluding hydrogens is 398 g/mol. The fraction of sp³-hybridized carbons (Fsp3) is 0.350. The van der Waals surface area contributed by atoms with Gasteiger partial charge in [0.1, 0.15) is 5.82 Å². The Morgan fingerprint density at radius 1 is 0.931 bits per heavy atom. The van der Waals surface area contributed by atoms with E-state index in [1.165, 1.54) is 4.31 Å². The van der Waals surface area contributed by atoms with E-state index in [1.807, 2.05) is 23.1 Å². The van der Waals surface area contributed by atoms with Gasteiger partial charge in [-0.05, 0) is 17.7 Å². The number of benzene rings is 2. The van der Waals surface area contributed by atoms with Crippen LogP contribution in [0, 0.1) is 0 Å². The second-order valence-corrected chi connectivity index (χ2v) is 9.05. The molecule has 0 spiro atoms. The standard InChI is InChI=1S/C20H22F2N4O2S/c21-20(22)26-18-9-5-4-8-17(18)23-19(26)14-24-10-12-25(13-11-24)29(27,28)15-16-6-2-1-3-7-16/h1-9,20H,10-15H2. The Morgan fingerprint density at radius 3 is 2.28 bits per heavy atom. The smallest absolute Gasteiger partial charge is 0.293 e. The quantitative estimate of drug-likeness (QED) is 0.615. The van der Waals surface area contributed by atoms with Crippen LogP contribution < -0.4 is 0 Å². The van der Waals surface area contributed by atoms with Gasteiger partial charge in [0.15, 0.2) is 0 Å². The molecule has 154 valence electrons. The van der Waals surface area contributed by atoms with Gasteiger partial charge in [0.2, 0.25) is 10.0 Å². The molecule has 0 aliphatic carbocycles. The number of sulfonamides is 1. The predicted molar refractivity (Wildman–Crippen MR) is 107 cm³/mol. The van der Waals surface area contributed by atoms with Crippen LogP contribution in [0.3, 0.4) is 0 Å². The summed E-state index contributed by atoms with van der Waals surface area (Å²) in [5, 5.41) is 0. The number of hydrogen-bond acceptors (Lipinski definition) is 4. The lowest BCUT2D eigenvalue weighted by molar-refractivity contribution is 0.0670. The second-order valence-electron chi connectivity index (χ2n) is 7.08. The van der Waals surface area contributed by atoms with Crippen LogP contribution in [0.25, 0.3) is 11.0 Å². The van der Waals surface area contributed by atoms with Crippen LogP contribution in [-0.4, -0.2) is 53.4 Å². The van der Waals surface area contributed by atoms with Crippen molar-refractivity contribution in [3.63, 3.8) is 0 Å². The molecule has 0 unspecified atom stereocenters. The lowest BCUT2D eigenvalue weighted by atomic mass is 10.2. The Labute approximate surface area is 168 Å². The monoisotopic (exact) mass is 420 g/mol. The van der Waals surface area contributed by atoms with E-state index in [0.29, 0.717) is 43.0 Å². The van der Waals surface area contributed by atoms with E-state index >= 15 is 0 Å². The minimum atomic E-state index is -3.41. The van der Waals surface area contributed by atoms with E-state index < -0.39 is 16.6 Å². The Balaban J connectivity index is 1.43. The highest BCUT2D eigenvalue weighted by Gasteiger charge is 2.28. The van der Waals surface area contributed by atoms with Crippen molar-refractivity contribution >= 4 is 21.1 Å². The molecule has 6 nitrogen and oxygen atoms in total. The molecule has 0 amide bonds. The number of rotatable bonds is 6. The normalized spacial score (nSPS) is 16.7. The van der Waals surface area contributed by atoms with Gasteiger partial charge in [0, 0.05) is 26.2 Å². The third-order valence-electron chi connectivity index (χ3n) is 5.15. The number of piperazine rings is 1. The number of hydrogen-bond donors (Lipinski definition) is 0. The van der Waals surface area contributed by atoms with Crippen LogP contribution in [0.15, 0.2) is 54.6 Å². The van der Waals surface area contributed by atoms with Gasteiger partial charge >= 0.3 is 6.55 Å². The van der Waals surface area contributed by atoms with Gasteiger partial charge in [-0.1, -0.05) is 42.5 Å². The zero-order valence-electron chi connectivity index (χ0n) is 15.8. The third-order valence-corrected chi connectivity index (χ3v) is 7.00. The van der Waals surface area contributed by atoms with E-state index in [0.717, 1.165) is 10.1 Å². The first kappa shape index (κ1) is 19.9. The third kappa shape index (κ3) is 4.31. The summed E-state index contributed by atoms with van der Waals surface area (Å²) in [6, 6.07) is 15.9. The SMILES string of the molecule is O=S(=O)(Cc1ccccc1)N1CCN(Cc2nc3ccccc3n2C(F)F)CC1. The van der Waals surface area contributed by atoms with Crippen LogP contribution >= 0.6 is 0 Å². The molecule has 9 heteroatoms. The number of imidazole rings is 1. The van der Waals surface area contributed by atoms with Gasteiger partial charge in [-0.15, -0.1) is 0 Å². The largest absolute Gasteiger partial charge is 0.320 e. The fourth-order valence-corrected chi connectivity index (χ4v) is 5.18. The summed E-state index contributed by atoms with van der Waals surface area (Å²) in [4.78, 5) is 6.33. The molecule has 0 atom stereocenters. The molecule has 4 rings (SSSR count). The van der Waals surface area contributed by atoms with Crippen LogP contribution in [0.1, 0.15) is 17.9 Å². The van der Waals surface area contributed by atoms with E-state index in [4.69, 9.17) is 0 Å². The summed E-state index contributed by atoms with van der Waals surface area (Å²) in [6.07, 6.45) is 0. The number of fused-ring (bicyclic) bond motifs is 1. The molecule has 29 heavy (non-hydrogen) atoms. The zero-order chi connectivity index (χ0) is 20.4. The van der Waals surface area contributed by atoms with Gasteiger partial charge in [-0.3, -0.25) is 9.47 Å². The predicted octanol–water partition coefficient (Wildman–Crippen LogP) is 3.08. The zero-order valence-corrected chi connectivity index (χ0v) is 16.6. The minimum Gasteiger partial charge on any atom is -0.293 e. The first-order chi connectivity index (χ1) is 13.9. The maximum Gasteiger partial charge on any atom is 0.320 e. The molecule has 1 fully saturated rings. The first-order valence-corrected chi connectivity index (χ1v) is 11.0. The van der Waals surface area contributed by atoms with E-state index in [9.17, 15) is 17.2 Å². The number of halogens is 2. The maximum absolute atomic E-state index is 13.6. The number of aromatic nitrogens is 2. The van der Waals surface area contributed by atoms with Crippen LogP contribution in [-0.2, 0) is 22.3 Å². The molecule has 2 aromatic carbocycles. The molecule has 1 aromatic heterocycles. The van der Waals surface area contributed by atoms with Gasteiger partial charge < -0.3 is 0 Å². The molecule has 1 saturated heterocycles. The summed E-state index contributed by atoms with van der Waals surface area (Å²) in [5.74, 6) is 0.261. The average Bonchev–Trinajstić information content (AvgIpc) is 3.07. The molecule has 1 aliphatic rings. The van der Waals surface area contributed by atoms with Crippen molar-refractivity contribution in [2.45, 2.75) is 18.8 Å². The average molecular weight is 420 g/mol. The lowest BCUT2D eigenvalue weighted by Gasteiger charge is -2.33. The van der Waals surface area contributed by atoms with Crippen molar-refractivity contribution < 1.29 is 17.2 Å². The summed E-state index contributed by atoms with van der Waals surface area (Å²) in [5.41, 5.74) is 1.69. The highest BCUT2D eigenvalue weighted by molar-refractivity contribution is 7.88. The van der Waals surface area contributed by atoms with Crippen LogP contribution in [0.2, 0.25) is 0 Å². The highest BCUT2D eigenvalue weighted by Crippen LogP contribution is 2.24. The minimum absolute atomic E-state index is 0.0327. The van der Waals surface area contributed by atoms with E-state index in [1.54, 1.807) is 36.4 Å². The Morgan fingerprint density at radius 2 is 1.59 bits per heavy atom. The Hall–Kier alpha value is -2.36. The van der Waals surface area contributed by atoms with Crippen molar-refractivity contribution in [1.82, 2.24) is 18.8 Å². The van der Waals surface area contributed by atoms with E-state index in [2.05, 4.69) is 4.98 Å². The number of para-hydroxylation sites is 2. The molecule has 3 aromatic rings. The number of nitrogens with zero attached hydrogens (tertiary/aromatic N) is 4. The van der Waals surface area contributed by atoms with Gasteiger partial charge in [-0.25, -0.2) is 13.4 Å². The molecule has 0 bridgehead atoms. The maximum atomic E-state index is 13.6. The second kappa shape index (κ2) is 8.17. The molecule has 0 saturated carbocycles. The Kier molecular flexibility index (Phi) is 5.62. The van der Waals surface area contributed by atoms with Crippen molar-refractivity contribution in [3.05, 3.63) is 66.0 Å². The molecule has 0 N–H and O–H groups in total. The van der Waals surface area contributed by atoms with Crippen molar-refractivity contribution in [2.75, 3.05) is 26.2 Å². The van der Waals surface area contributed by atoms with Crippen molar-refractivity contribution in [1.29, 1.82) is 0 Å². The summed E-state index contributed by atoms with van der Waals surface area (Å²) in [7, 11) is -3.41. The van der Waals surface area contributed by atoms with Crippen molar-refractivity contribution in [2.24, 2.45) is 0 Å². The first-order valence-electron chi connectivity index (χ1n) is 9.42. The molecule has 2 heterocycles. The Bertz CT molecular complexity index is 1080. The molecular formula is C20H22F2N4O2S. The van der Waals surface area contributed by atoms with Gasteiger partial charge in [0.25, 0.3) is 0 Å².